The number of rotatable bonds is 4. The van der Waals surface area contributed by atoms with Crippen molar-refractivity contribution in [3.05, 3.63) is 40.9 Å². The number of alkyl halides is 2. The number of benzene rings is 1. The molecule has 1 aromatic heterocycles. The Morgan fingerprint density at radius 1 is 1.37 bits per heavy atom. The lowest BCUT2D eigenvalue weighted by Crippen LogP contribution is -2.11. The van der Waals surface area contributed by atoms with E-state index in [4.69, 9.17) is 0 Å². The molecule has 1 amide bonds. The first kappa shape index (κ1) is 14.0. The minimum atomic E-state index is -2.46. The van der Waals surface area contributed by atoms with Crippen LogP contribution in [-0.2, 0) is 0 Å². The zero-order valence-electron chi connectivity index (χ0n) is 9.89. The number of carbonyl (C=O) groups excluding carboxylic acids is 1. The molecule has 0 aliphatic rings. The number of anilines is 1. The summed E-state index contributed by atoms with van der Waals surface area (Å²) >= 11 is 1.79. The van der Waals surface area contributed by atoms with Gasteiger partial charge in [-0.3, -0.25) is 10.1 Å². The largest absolute Gasteiger partial charge is 0.298 e. The van der Waals surface area contributed by atoms with Gasteiger partial charge in [0.25, 0.3) is 11.7 Å². The monoisotopic (exact) mass is 300 g/mol. The standard InChI is InChI=1S/C12H10F2N2OS2/c1-7-6-18-12(15-7)16-10(17)8-2-4-9(5-3-8)19-11(13)14/h2-6,11H,1H3,(H,15,16,17). The van der Waals surface area contributed by atoms with Gasteiger partial charge in [-0.2, -0.15) is 8.78 Å². The third-order valence-electron chi connectivity index (χ3n) is 2.18. The van der Waals surface area contributed by atoms with Crippen LogP contribution >= 0.6 is 23.1 Å². The van der Waals surface area contributed by atoms with Crippen molar-refractivity contribution >= 4 is 34.1 Å². The maximum Gasteiger partial charge on any atom is 0.288 e. The molecule has 1 aromatic carbocycles. The Bertz CT molecular complexity index is 569. The first-order valence-corrected chi connectivity index (χ1v) is 7.09. The van der Waals surface area contributed by atoms with E-state index in [1.54, 1.807) is 0 Å². The van der Waals surface area contributed by atoms with Crippen LogP contribution in [0.4, 0.5) is 13.9 Å². The van der Waals surface area contributed by atoms with Gasteiger partial charge in [0.15, 0.2) is 5.13 Å². The number of carbonyl (C=O) groups is 1. The summed E-state index contributed by atoms with van der Waals surface area (Å²) in [7, 11) is 0. The third kappa shape index (κ3) is 4.00. The van der Waals surface area contributed by atoms with E-state index >= 15 is 0 Å². The lowest BCUT2D eigenvalue weighted by atomic mass is 10.2. The van der Waals surface area contributed by atoms with Crippen LogP contribution in [0.5, 0.6) is 0 Å². The van der Waals surface area contributed by atoms with Gasteiger partial charge in [0.05, 0.1) is 5.69 Å². The second-order valence-electron chi connectivity index (χ2n) is 3.65. The molecule has 0 unspecified atom stereocenters. The van der Waals surface area contributed by atoms with E-state index in [0.29, 0.717) is 27.4 Å². The predicted octanol–water partition coefficient (Wildman–Crippen LogP) is 4.02. The molecule has 0 spiro atoms. The molecule has 3 nitrogen and oxygen atoms in total. The molecule has 0 atom stereocenters. The summed E-state index contributed by atoms with van der Waals surface area (Å²) in [5.41, 5.74) is 1.25. The van der Waals surface area contributed by atoms with Crippen molar-refractivity contribution in [2.24, 2.45) is 0 Å². The van der Waals surface area contributed by atoms with Gasteiger partial charge in [-0.25, -0.2) is 4.98 Å². The highest BCUT2D eigenvalue weighted by atomic mass is 32.2. The molecule has 1 heterocycles. The van der Waals surface area contributed by atoms with Gasteiger partial charge in [0.1, 0.15) is 0 Å². The molecular formula is C12H10F2N2OS2. The molecule has 19 heavy (non-hydrogen) atoms. The topological polar surface area (TPSA) is 42.0 Å². The lowest BCUT2D eigenvalue weighted by molar-refractivity contribution is 0.102. The van der Waals surface area contributed by atoms with Gasteiger partial charge in [-0.05, 0) is 31.2 Å². The van der Waals surface area contributed by atoms with E-state index in [0.717, 1.165) is 5.69 Å². The summed E-state index contributed by atoms with van der Waals surface area (Å²) in [5, 5.41) is 5.01. The number of amides is 1. The Kier molecular flexibility index (Phi) is 4.49. The van der Waals surface area contributed by atoms with Gasteiger partial charge in [0.2, 0.25) is 0 Å². The number of thiazole rings is 1. The summed E-state index contributed by atoms with van der Waals surface area (Å²) in [6.45, 7) is 1.84. The van der Waals surface area contributed by atoms with Crippen molar-refractivity contribution in [2.45, 2.75) is 17.6 Å². The number of hydrogen-bond donors (Lipinski definition) is 1. The summed E-state index contributed by atoms with van der Waals surface area (Å²) in [6, 6.07) is 6.03. The molecular weight excluding hydrogens is 290 g/mol. The molecule has 0 fully saturated rings. The zero-order chi connectivity index (χ0) is 13.8. The van der Waals surface area contributed by atoms with Crippen molar-refractivity contribution < 1.29 is 13.6 Å². The maximum absolute atomic E-state index is 12.1. The van der Waals surface area contributed by atoms with E-state index in [2.05, 4.69) is 10.3 Å². The van der Waals surface area contributed by atoms with Crippen LogP contribution in [0, 0.1) is 6.92 Å². The number of nitrogens with one attached hydrogen (secondary N) is 1. The molecule has 0 saturated carbocycles. The number of thioether (sulfide) groups is 1. The Morgan fingerprint density at radius 3 is 2.58 bits per heavy atom. The van der Waals surface area contributed by atoms with Gasteiger partial charge in [-0.1, -0.05) is 11.8 Å². The van der Waals surface area contributed by atoms with E-state index < -0.39 is 5.76 Å². The van der Waals surface area contributed by atoms with Crippen molar-refractivity contribution in [3.8, 4) is 0 Å². The first-order chi connectivity index (χ1) is 9.04. The fourth-order valence-electron chi connectivity index (χ4n) is 1.37. The first-order valence-electron chi connectivity index (χ1n) is 5.33. The number of halogens is 2. The minimum Gasteiger partial charge on any atom is -0.298 e. The van der Waals surface area contributed by atoms with Crippen molar-refractivity contribution in [2.75, 3.05) is 5.32 Å². The normalized spacial score (nSPS) is 10.7. The quantitative estimate of drug-likeness (QED) is 0.867. The lowest BCUT2D eigenvalue weighted by Gasteiger charge is -2.03. The van der Waals surface area contributed by atoms with Crippen LogP contribution in [0.15, 0.2) is 34.5 Å². The van der Waals surface area contributed by atoms with Crippen LogP contribution in [0.2, 0.25) is 0 Å². The highest BCUT2D eigenvalue weighted by Crippen LogP contribution is 2.25. The highest BCUT2D eigenvalue weighted by Gasteiger charge is 2.10. The van der Waals surface area contributed by atoms with Crippen molar-refractivity contribution in [1.82, 2.24) is 4.98 Å². The Balaban J connectivity index is 2.03. The smallest absolute Gasteiger partial charge is 0.288 e. The molecule has 7 heteroatoms. The Labute approximate surface area is 117 Å². The summed E-state index contributed by atoms with van der Waals surface area (Å²) < 4.78 is 24.3. The van der Waals surface area contributed by atoms with Gasteiger partial charge < -0.3 is 0 Å². The average molecular weight is 300 g/mol. The van der Waals surface area contributed by atoms with E-state index in [-0.39, 0.29) is 5.91 Å². The van der Waals surface area contributed by atoms with Crippen LogP contribution in [0.3, 0.4) is 0 Å². The van der Waals surface area contributed by atoms with Gasteiger partial charge >= 0.3 is 0 Å². The van der Waals surface area contributed by atoms with E-state index in [1.807, 2.05) is 12.3 Å². The molecule has 100 valence electrons. The molecule has 0 saturated heterocycles. The number of hydrogen-bond acceptors (Lipinski definition) is 4. The average Bonchev–Trinajstić information content (AvgIpc) is 2.75. The van der Waals surface area contributed by atoms with Gasteiger partial charge in [-0.15, -0.1) is 11.3 Å². The summed E-state index contributed by atoms with van der Waals surface area (Å²) in [5.74, 6) is -2.76. The Morgan fingerprint density at radius 2 is 2.05 bits per heavy atom. The van der Waals surface area contributed by atoms with Crippen LogP contribution in [0.1, 0.15) is 16.1 Å². The number of nitrogens with zero attached hydrogens (tertiary/aromatic N) is 1. The molecule has 0 radical (unpaired) electrons. The molecule has 2 aromatic rings. The van der Waals surface area contributed by atoms with Crippen molar-refractivity contribution in [1.29, 1.82) is 0 Å². The number of aromatic nitrogens is 1. The van der Waals surface area contributed by atoms with Crippen LogP contribution < -0.4 is 5.32 Å². The predicted molar refractivity (Wildman–Crippen MR) is 73.1 cm³/mol. The second-order valence-corrected chi connectivity index (χ2v) is 5.57. The van der Waals surface area contributed by atoms with Crippen LogP contribution in [-0.4, -0.2) is 16.6 Å². The molecule has 2 rings (SSSR count). The minimum absolute atomic E-state index is 0.303. The van der Waals surface area contributed by atoms with Crippen molar-refractivity contribution in [3.63, 3.8) is 0 Å². The molecule has 1 N–H and O–H groups in total. The molecule has 0 aliphatic heterocycles. The third-order valence-corrected chi connectivity index (χ3v) is 3.78. The zero-order valence-corrected chi connectivity index (χ0v) is 11.5. The SMILES string of the molecule is Cc1csc(NC(=O)c2ccc(SC(F)F)cc2)n1. The highest BCUT2D eigenvalue weighted by molar-refractivity contribution is 7.99. The summed E-state index contributed by atoms with van der Waals surface area (Å²) in [6.07, 6.45) is 0. The maximum atomic E-state index is 12.1. The van der Waals surface area contributed by atoms with E-state index in [1.165, 1.54) is 35.6 Å². The molecule has 0 aliphatic carbocycles. The number of aryl methyl sites for hydroxylation is 1. The second kappa shape index (κ2) is 6.12. The fraction of sp³-hybridized carbons (Fsp3) is 0.167. The van der Waals surface area contributed by atoms with E-state index in [9.17, 15) is 13.6 Å². The Hall–Kier alpha value is -1.47. The summed E-state index contributed by atoms with van der Waals surface area (Å²) in [4.78, 5) is 16.4. The van der Waals surface area contributed by atoms with Crippen LogP contribution in [0.25, 0.3) is 0 Å². The fourth-order valence-corrected chi connectivity index (χ4v) is 2.55. The van der Waals surface area contributed by atoms with Gasteiger partial charge in [0, 0.05) is 15.8 Å². The molecule has 0 bridgehead atoms.